The van der Waals surface area contributed by atoms with E-state index in [1.165, 1.54) is 0 Å². The molecular weight excluding hydrogens is 268 g/mol. The third kappa shape index (κ3) is 5.45. The van der Waals surface area contributed by atoms with E-state index < -0.39 is 23.5 Å². The van der Waals surface area contributed by atoms with Crippen molar-refractivity contribution in [2.45, 2.75) is 39.7 Å². The highest BCUT2D eigenvalue weighted by atomic mass is 16.4. The van der Waals surface area contributed by atoms with Gasteiger partial charge in [-0.2, -0.15) is 0 Å². The zero-order valence-electron chi connectivity index (χ0n) is 13.0. The first-order valence-corrected chi connectivity index (χ1v) is 7.04. The molecule has 0 radical (unpaired) electrons. The summed E-state index contributed by atoms with van der Waals surface area (Å²) < 4.78 is 0. The molecule has 1 unspecified atom stereocenters. The topological polar surface area (TPSA) is 78.4 Å². The molecule has 2 amide bonds. The number of amides is 2. The molecule has 5 heteroatoms. The molecule has 1 rings (SSSR count). The van der Waals surface area contributed by atoms with Crippen LogP contribution in [0, 0.1) is 5.41 Å². The van der Waals surface area contributed by atoms with E-state index in [0.29, 0.717) is 6.54 Å². The fourth-order valence-corrected chi connectivity index (χ4v) is 1.98. The molecule has 0 saturated heterocycles. The van der Waals surface area contributed by atoms with Crippen LogP contribution in [0.25, 0.3) is 0 Å². The summed E-state index contributed by atoms with van der Waals surface area (Å²) >= 11 is 0. The van der Waals surface area contributed by atoms with E-state index in [9.17, 15) is 14.7 Å². The van der Waals surface area contributed by atoms with Gasteiger partial charge < -0.3 is 15.7 Å². The lowest BCUT2D eigenvalue weighted by Gasteiger charge is -2.28. The molecule has 116 valence electrons. The molecule has 0 saturated carbocycles. The lowest BCUT2D eigenvalue weighted by Crippen LogP contribution is -2.52. The summed E-state index contributed by atoms with van der Waals surface area (Å²) in [6.07, 6.45) is 0. The van der Waals surface area contributed by atoms with Crippen molar-refractivity contribution in [3.63, 3.8) is 0 Å². The number of urea groups is 1. The standard InChI is InChI=1S/C16H24N2O3/c1-11(12-8-6-5-7-9-12)10-17-15(21)18-13(14(19)20)16(2,3)4/h5-9,11,13H,10H2,1-4H3,(H,19,20)(H2,17,18,21)/t11?,13-/m1/s1. The van der Waals surface area contributed by atoms with Crippen molar-refractivity contribution in [3.8, 4) is 0 Å². The van der Waals surface area contributed by atoms with Crippen LogP contribution in [0.3, 0.4) is 0 Å². The van der Waals surface area contributed by atoms with Gasteiger partial charge in [-0.25, -0.2) is 9.59 Å². The number of benzene rings is 1. The summed E-state index contributed by atoms with van der Waals surface area (Å²) in [5.74, 6) is -0.872. The third-order valence-electron chi connectivity index (χ3n) is 3.33. The van der Waals surface area contributed by atoms with Gasteiger partial charge in [-0.15, -0.1) is 0 Å². The van der Waals surface area contributed by atoms with Gasteiger partial charge in [0.05, 0.1) is 0 Å². The Morgan fingerprint density at radius 1 is 1.19 bits per heavy atom. The molecular formula is C16H24N2O3. The van der Waals surface area contributed by atoms with Gasteiger partial charge in [0.15, 0.2) is 0 Å². The monoisotopic (exact) mass is 292 g/mol. The van der Waals surface area contributed by atoms with Crippen LogP contribution in [0.2, 0.25) is 0 Å². The molecule has 5 nitrogen and oxygen atoms in total. The fourth-order valence-electron chi connectivity index (χ4n) is 1.98. The maximum Gasteiger partial charge on any atom is 0.326 e. The van der Waals surface area contributed by atoms with Crippen molar-refractivity contribution in [1.82, 2.24) is 10.6 Å². The first kappa shape index (κ1) is 17.0. The Kier molecular flexibility index (Phi) is 5.76. The Bertz CT molecular complexity index is 480. The summed E-state index contributed by atoms with van der Waals surface area (Å²) in [6, 6.07) is 8.46. The second-order valence-corrected chi connectivity index (χ2v) is 6.30. The lowest BCUT2D eigenvalue weighted by atomic mass is 9.87. The van der Waals surface area contributed by atoms with Gasteiger partial charge in [0.1, 0.15) is 6.04 Å². The van der Waals surface area contributed by atoms with Crippen LogP contribution in [0.5, 0.6) is 0 Å². The van der Waals surface area contributed by atoms with Crippen molar-refractivity contribution in [2.24, 2.45) is 5.41 Å². The summed E-state index contributed by atoms with van der Waals surface area (Å²) in [4.78, 5) is 23.1. The highest BCUT2D eigenvalue weighted by molar-refractivity contribution is 5.83. The normalized spacial score (nSPS) is 14.1. The third-order valence-corrected chi connectivity index (χ3v) is 3.33. The van der Waals surface area contributed by atoms with Crippen LogP contribution in [0.4, 0.5) is 4.79 Å². The Morgan fingerprint density at radius 2 is 1.76 bits per heavy atom. The molecule has 0 aliphatic rings. The number of hydrogen-bond acceptors (Lipinski definition) is 2. The van der Waals surface area contributed by atoms with Gasteiger partial charge in [-0.3, -0.25) is 0 Å². The van der Waals surface area contributed by atoms with E-state index in [4.69, 9.17) is 0 Å². The van der Waals surface area contributed by atoms with Crippen molar-refractivity contribution >= 4 is 12.0 Å². The molecule has 0 aliphatic carbocycles. The Balaban J connectivity index is 2.52. The number of carbonyl (C=O) groups is 2. The minimum Gasteiger partial charge on any atom is -0.480 e. The predicted octanol–water partition coefficient (Wildman–Crippen LogP) is 2.59. The minimum atomic E-state index is -1.03. The van der Waals surface area contributed by atoms with E-state index in [-0.39, 0.29) is 5.92 Å². The van der Waals surface area contributed by atoms with Crippen LogP contribution in [-0.4, -0.2) is 29.7 Å². The van der Waals surface area contributed by atoms with Crippen molar-refractivity contribution in [3.05, 3.63) is 35.9 Å². The number of hydrogen-bond donors (Lipinski definition) is 3. The van der Waals surface area contributed by atoms with Gasteiger partial charge in [0.2, 0.25) is 0 Å². The fraction of sp³-hybridized carbons (Fsp3) is 0.500. The Hall–Kier alpha value is -2.04. The molecule has 1 aromatic carbocycles. The van der Waals surface area contributed by atoms with E-state index in [1.807, 2.05) is 37.3 Å². The second-order valence-electron chi connectivity index (χ2n) is 6.30. The number of aliphatic carboxylic acids is 1. The zero-order chi connectivity index (χ0) is 16.0. The molecule has 1 aromatic rings. The quantitative estimate of drug-likeness (QED) is 0.780. The highest BCUT2D eigenvalue weighted by Crippen LogP contribution is 2.19. The zero-order valence-corrected chi connectivity index (χ0v) is 13.0. The molecule has 0 aliphatic heterocycles. The van der Waals surface area contributed by atoms with E-state index in [2.05, 4.69) is 10.6 Å². The van der Waals surface area contributed by atoms with E-state index in [0.717, 1.165) is 5.56 Å². The van der Waals surface area contributed by atoms with Gasteiger partial charge in [0.25, 0.3) is 0 Å². The molecule has 21 heavy (non-hydrogen) atoms. The average Bonchev–Trinajstić information content (AvgIpc) is 2.41. The highest BCUT2D eigenvalue weighted by Gasteiger charge is 2.32. The molecule has 0 heterocycles. The lowest BCUT2D eigenvalue weighted by molar-refractivity contribution is -0.141. The van der Waals surface area contributed by atoms with Gasteiger partial charge in [-0.1, -0.05) is 58.0 Å². The van der Waals surface area contributed by atoms with Crippen molar-refractivity contribution in [2.75, 3.05) is 6.54 Å². The molecule has 0 aromatic heterocycles. The van der Waals surface area contributed by atoms with Crippen LogP contribution >= 0.6 is 0 Å². The number of carbonyl (C=O) groups excluding carboxylic acids is 1. The second kappa shape index (κ2) is 7.11. The van der Waals surface area contributed by atoms with Crippen LogP contribution in [-0.2, 0) is 4.79 Å². The van der Waals surface area contributed by atoms with Gasteiger partial charge in [-0.05, 0) is 16.9 Å². The summed E-state index contributed by atoms with van der Waals surface area (Å²) in [7, 11) is 0. The Morgan fingerprint density at radius 3 is 2.24 bits per heavy atom. The molecule has 0 spiro atoms. The molecule has 3 N–H and O–H groups in total. The average molecular weight is 292 g/mol. The van der Waals surface area contributed by atoms with Crippen molar-refractivity contribution < 1.29 is 14.7 Å². The maximum atomic E-state index is 11.9. The molecule has 0 fully saturated rings. The van der Waals surface area contributed by atoms with E-state index >= 15 is 0 Å². The number of carboxylic acids is 1. The van der Waals surface area contributed by atoms with E-state index in [1.54, 1.807) is 20.8 Å². The molecule has 2 atom stereocenters. The smallest absolute Gasteiger partial charge is 0.326 e. The maximum absolute atomic E-state index is 11.9. The summed E-state index contributed by atoms with van der Waals surface area (Å²) in [5.41, 5.74) is 0.581. The van der Waals surface area contributed by atoms with Crippen LogP contribution < -0.4 is 10.6 Å². The SMILES string of the molecule is CC(CNC(=O)N[C@H](C(=O)O)C(C)(C)C)c1ccccc1. The molecule has 0 bridgehead atoms. The first-order valence-electron chi connectivity index (χ1n) is 7.04. The number of rotatable bonds is 5. The largest absolute Gasteiger partial charge is 0.480 e. The van der Waals surface area contributed by atoms with Gasteiger partial charge in [0, 0.05) is 6.54 Å². The van der Waals surface area contributed by atoms with Gasteiger partial charge >= 0.3 is 12.0 Å². The van der Waals surface area contributed by atoms with Crippen molar-refractivity contribution in [1.29, 1.82) is 0 Å². The number of nitrogens with one attached hydrogen (secondary N) is 2. The van der Waals surface area contributed by atoms with Crippen LogP contribution in [0.1, 0.15) is 39.2 Å². The number of carboxylic acid groups (broad SMARTS) is 1. The summed E-state index contributed by atoms with van der Waals surface area (Å²) in [5, 5.41) is 14.4. The summed E-state index contributed by atoms with van der Waals surface area (Å²) in [6.45, 7) is 7.79. The van der Waals surface area contributed by atoms with Crippen LogP contribution in [0.15, 0.2) is 30.3 Å². The first-order chi connectivity index (χ1) is 9.71. The predicted molar refractivity (Wildman–Crippen MR) is 82.3 cm³/mol. The minimum absolute atomic E-state index is 0.162. The Labute approximate surface area is 125 Å².